The summed E-state index contributed by atoms with van der Waals surface area (Å²) in [7, 11) is 0. The van der Waals surface area contributed by atoms with Crippen molar-refractivity contribution in [2.45, 2.75) is 31.8 Å². The highest BCUT2D eigenvalue weighted by molar-refractivity contribution is 9.10. The molecule has 0 aliphatic carbocycles. The SMILES string of the molecule is C[C@@H](O)C(=O)N1CCC(c2nc3c(-c4ccc(-c5ccc6c(c5)OCO6)nc4)cnn3c(N)c2Br)CC1. The van der Waals surface area contributed by atoms with E-state index in [1.807, 2.05) is 30.3 Å². The van der Waals surface area contributed by atoms with Crippen LogP contribution >= 0.6 is 15.9 Å². The fraction of sp³-hybridized carbons (Fsp3) is 0.308. The molecule has 2 aliphatic heterocycles. The molecular formula is C26H25BrN6O4. The number of benzene rings is 1. The lowest BCUT2D eigenvalue weighted by molar-refractivity contribution is -0.140. The van der Waals surface area contributed by atoms with E-state index in [2.05, 4.69) is 26.0 Å². The molecule has 2 aliphatic rings. The average molecular weight is 565 g/mol. The predicted molar refractivity (Wildman–Crippen MR) is 140 cm³/mol. The molecular weight excluding hydrogens is 540 g/mol. The molecule has 5 heterocycles. The van der Waals surface area contributed by atoms with E-state index in [1.54, 1.807) is 21.8 Å². The van der Waals surface area contributed by atoms with Crippen LogP contribution in [0.3, 0.4) is 0 Å². The standard InChI is InChI=1S/C26H25BrN6O4/c1-14(34)26(35)32-8-6-15(7-9-32)23-22(27)24(28)33-25(31-23)18(12-30-33)17-2-4-19(29-11-17)16-3-5-20-21(10-16)37-13-36-20/h2-5,10-12,14-15,34H,6-9,13,28H2,1H3/t14-/m1/s1. The molecule has 1 aromatic carbocycles. The second-order valence-corrected chi connectivity index (χ2v) is 10.1. The summed E-state index contributed by atoms with van der Waals surface area (Å²) in [5.41, 5.74) is 11.4. The number of pyridine rings is 1. The fourth-order valence-corrected chi connectivity index (χ4v) is 5.49. The minimum absolute atomic E-state index is 0.119. The van der Waals surface area contributed by atoms with Gasteiger partial charge in [-0.25, -0.2) is 4.98 Å². The number of amides is 1. The van der Waals surface area contributed by atoms with Crippen molar-refractivity contribution < 1.29 is 19.4 Å². The van der Waals surface area contributed by atoms with Gasteiger partial charge in [0.05, 0.1) is 22.1 Å². The van der Waals surface area contributed by atoms with Gasteiger partial charge >= 0.3 is 0 Å². The first-order chi connectivity index (χ1) is 17.9. The zero-order valence-electron chi connectivity index (χ0n) is 20.1. The molecule has 3 N–H and O–H groups in total. The second-order valence-electron chi connectivity index (χ2n) is 9.27. The zero-order valence-corrected chi connectivity index (χ0v) is 21.7. The maximum atomic E-state index is 12.2. The van der Waals surface area contributed by atoms with Crippen LogP contribution in [0.5, 0.6) is 11.5 Å². The number of carbonyl (C=O) groups excluding carboxylic acids is 1. The fourth-order valence-electron chi connectivity index (χ4n) is 4.90. The molecule has 0 bridgehead atoms. The number of ether oxygens (including phenoxy) is 2. The van der Waals surface area contributed by atoms with Gasteiger partial charge in [-0.15, -0.1) is 0 Å². The number of likely N-dealkylation sites (tertiary alicyclic amines) is 1. The number of nitrogen functional groups attached to an aromatic ring is 1. The Balaban J connectivity index is 1.30. The second kappa shape index (κ2) is 9.31. The Morgan fingerprint density at radius 2 is 1.89 bits per heavy atom. The lowest BCUT2D eigenvalue weighted by atomic mass is 9.93. The Bertz CT molecular complexity index is 1500. The van der Waals surface area contributed by atoms with E-state index < -0.39 is 6.10 Å². The molecule has 1 atom stereocenters. The van der Waals surface area contributed by atoms with E-state index in [-0.39, 0.29) is 18.6 Å². The largest absolute Gasteiger partial charge is 0.454 e. The Morgan fingerprint density at radius 1 is 1.14 bits per heavy atom. The number of fused-ring (bicyclic) bond motifs is 2. The Hall–Kier alpha value is -3.70. The summed E-state index contributed by atoms with van der Waals surface area (Å²) in [5, 5.41) is 14.1. The normalized spacial score (nSPS) is 16.4. The Labute approximate surface area is 221 Å². The van der Waals surface area contributed by atoms with Crippen molar-refractivity contribution in [2.24, 2.45) is 0 Å². The van der Waals surface area contributed by atoms with Crippen molar-refractivity contribution in [2.75, 3.05) is 25.6 Å². The summed E-state index contributed by atoms with van der Waals surface area (Å²) in [6.45, 7) is 2.85. The number of nitrogens with two attached hydrogens (primary N) is 1. The number of halogens is 1. The van der Waals surface area contributed by atoms with Crippen molar-refractivity contribution >= 4 is 33.3 Å². The number of aliphatic hydroxyl groups excluding tert-OH is 1. The van der Waals surface area contributed by atoms with Crippen LogP contribution in [0.25, 0.3) is 28.0 Å². The summed E-state index contributed by atoms with van der Waals surface area (Å²) in [6.07, 6.45) is 4.02. The van der Waals surface area contributed by atoms with Gasteiger partial charge in [-0.2, -0.15) is 9.61 Å². The third-order valence-corrected chi connectivity index (χ3v) is 7.75. The van der Waals surface area contributed by atoms with Gasteiger partial charge in [0.15, 0.2) is 17.1 Å². The first kappa shape index (κ1) is 23.7. The van der Waals surface area contributed by atoms with Crippen molar-refractivity contribution in [3.63, 3.8) is 0 Å². The van der Waals surface area contributed by atoms with Crippen LogP contribution in [-0.2, 0) is 4.79 Å². The molecule has 6 rings (SSSR count). The van der Waals surface area contributed by atoms with E-state index in [0.29, 0.717) is 34.8 Å². The highest BCUT2D eigenvalue weighted by Gasteiger charge is 2.29. The van der Waals surface area contributed by atoms with Crippen LogP contribution < -0.4 is 15.2 Å². The van der Waals surface area contributed by atoms with E-state index in [0.717, 1.165) is 46.7 Å². The third-order valence-electron chi connectivity index (χ3n) is 6.94. The maximum Gasteiger partial charge on any atom is 0.251 e. The summed E-state index contributed by atoms with van der Waals surface area (Å²) in [6, 6.07) is 9.70. The van der Waals surface area contributed by atoms with E-state index >= 15 is 0 Å². The van der Waals surface area contributed by atoms with Crippen LogP contribution in [0.1, 0.15) is 31.4 Å². The van der Waals surface area contributed by atoms with Crippen LogP contribution in [0.2, 0.25) is 0 Å². The number of aliphatic hydroxyl groups is 1. The number of nitrogens with zero attached hydrogens (tertiary/aromatic N) is 5. The van der Waals surface area contributed by atoms with E-state index in [9.17, 15) is 9.90 Å². The molecule has 0 spiro atoms. The number of aromatic nitrogens is 4. The van der Waals surface area contributed by atoms with Crippen LogP contribution in [0.4, 0.5) is 5.82 Å². The number of carbonyl (C=O) groups is 1. The molecule has 0 saturated carbocycles. The summed E-state index contributed by atoms with van der Waals surface area (Å²) in [4.78, 5) is 23.5. The lowest BCUT2D eigenvalue weighted by Gasteiger charge is -2.33. The zero-order chi connectivity index (χ0) is 25.7. The van der Waals surface area contributed by atoms with Crippen LogP contribution in [-0.4, -0.2) is 61.5 Å². The molecule has 37 heavy (non-hydrogen) atoms. The van der Waals surface area contributed by atoms with Gasteiger partial charge in [0.1, 0.15) is 11.9 Å². The molecule has 10 nitrogen and oxygen atoms in total. The number of piperidine rings is 1. The number of rotatable bonds is 4. The molecule has 1 amide bonds. The van der Waals surface area contributed by atoms with Gasteiger partial charge in [0, 0.05) is 41.9 Å². The molecule has 1 saturated heterocycles. The van der Waals surface area contributed by atoms with E-state index in [4.69, 9.17) is 20.2 Å². The van der Waals surface area contributed by atoms with Gasteiger partial charge in [-0.1, -0.05) is 6.07 Å². The predicted octanol–water partition coefficient (Wildman–Crippen LogP) is 3.62. The number of hydrogen-bond acceptors (Lipinski definition) is 8. The minimum Gasteiger partial charge on any atom is -0.454 e. The van der Waals surface area contributed by atoms with Gasteiger partial charge in [0.25, 0.3) is 5.91 Å². The average Bonchev–Trinajstić information content (AvgIpc) is 3.57. The van der Waals surface area contributed by atoms with Crippen LogP contribution in [0, 0.1) is 0 Å². The Morgan fingerprint density at radius 3 is 2.62 bits per heavy atom. The molecule has 3 aromatic heterocycles. The highest BCUT2D eigenvalue weighted by atomic mass is 79.9. The maximum absolute atomic E-state index is 12.2. The number of hydrogen-bond donors (Lipinski definition) is 2. The topological polar surface area (TPSA) is 128 Å². The van der Waals surface area contributed by atoms with Crippen molar-refractivity contribution in [1.29, 1.82) is 0 Å². The van der Waals surface area contributed by atoms with Gasteiger partial charge in [0.2, 0.25) is 6.79 Å². The monoisotopic (exact) mass is 564 g/mol. The highest BCUT2D eigenvalue weighted by Crippen LogP contribution is 2.38. The van der Waals surface area contributed by atoms with Crippen LogP contribution in [0.15, 0.2) is 47.2 Å². The Kier molecular flexibility index (Phi) is 5.96. The van der Waals surface area contributed by atoms with Gasteiger partial charge in [-0.05, 0) is 60.0 Å². The lowest BCUT2D eigenvalue weighted by Crippen LogP contribution is -2.42. The molecule has 0 unspecified atom stereocenters. The van der Waals surface area contributed by atoms with Crippen molar-refractivity contribution in [3.8, 4) is 33.9 Å². The molecule has 4 aromatic rings. The molecule has 11 heteroatoms. The minimum atomic E-state index is -0.993. The first-order valence-corrected chi connectivity index (χ1v) is 12.9. The molecule has 190 valence electrons. The van der Waals surface area contributed by atoms with Gasteiger partial charge < -0.3 is 25.2 Å². The van der Waals surface area contributed by atoms with Crippen molar-refractivity contribution in [3.05, 3.63) is 52.9 Å². The van der Waals surface area contributed by atoms with Crippen molar-refractivity contribution in [1.82, 2.24) is 24.5 Å². The van der Waals surface area contributed by atoms with Gasteiger partial charge in [-0.3, -0.25) is 9.78 Å². The third kappa shape index (κ3) is 4.17. The summed E-state index contributed by atoms with van der Waals surface area (Å²) < 4.78 is 13.2. The summed E-state index contributed by atoms with van der Waals surface area (Å²) >= 11 is 3.63. The quantitative estimate of drug-likeness (QED) is 0.384. The smallest absolute Gasteiger partial charge is 0.251 e. The van der Waals surface area contributed by atoms with E-state index in [1.165, 1.54) is 6.92 Å². The number of anilines is 1. The molecule has 0 radical (unpaired) electrons. The molecule has 1 fully saturated rings. The first-order valence-electron chi connectivity index (χ1n) is 12.1. The summed E-state index contributed by atoms with van der Waals surface area (Å²) in [5.74, 6) is 1.80.